The fourth-order valence-corrected chi connectivity index (χ4v) is 3.09. The van der Waals surface area contributed by atoms with Gasteiger partial charge < -0.3 is 10.6 Å². The molecule has 0 fully saturated rings. The number of rotatable bonds is 2. The lowest BCUT2D eigenvalue weighted by Crippen LogP contribution is -2.20. The summed E-state index contributed by atoms with van der Waals surface area (Å²) in [4.78, 5) is 2.19. The van der Waals surface area contributed by atoms with Gasteiger partial charge in [-0.2, -0.15) is 0 Å². The topological polar surface area (TPSA) is 29.3 Å². The highest BCUT2D eigenvalue weighted by Crippen LogP contribution is 2.33. The maximum atomic E-state index is 13.9. The van der Waals surface area contributed by atoms with Crippen LogP contribution in [0.5, 0.6) is 0 Å². The Hall–Kier alpha value is -1.55. The fraction of sp³-hybridized carbons (Fsp3) is 0.250. The van der Waals surface area contributed by atoms with Crippen molar-refractivity contribution in [3.8, 4) is 0 Å². The molecule has 0 aromatic heterocycles. The number of fused-ring (bicyclic) bond motifs is 1. The van der Waals surface area contributed by atoms with E-state index in [9.17, 15) is 4.39 Å². The molecular weight excluding hydrogens is 319 g/mol. The zero-order valence-electron chi connectivity index (χ0n) is 11.3. The summed E-state index contributed by atoms with van der Waals surface area (Å²) in [6.45, 7) is 3.50. The molecule has 1 aliphatic rings. The molecule has 3 rings (SSSR count). The van der Waals surface area contributed by atoms with Crippen LogP contribution < -0.4 is 10.6 Å². The van der Waals surface area contributed by atoms with Gasteiger partial charge >= 0.3 is 0 Å². The van der Waals surface area contributed by atoms with Crippen LogP contribution >= 0.6 is 15.9 Å². The summed E-state index contributed by atoms with van der Waals surface area (Å²) in [5.74, 6) is -0.165. The van der Waals surface area contributed by atoms with Gasteiger partial charge in [-0.25, -0.2) is 4.39 Å². The van der Waals surface area contributed by atoms with E-state index in [1.165, 1.54) is 11.6 Å². The average molecular weight is 335 g/mol. The highest BCUT2D eigenvalue weighted by atomic mass is 79.9. The summed E-state index contributed by atoms with van der Waals surface area (Å²) < 4.78 is 14.8. The standard InChI is InChI=1S/C16H16BrFN2/c1-10-6-11-4-5-20(16(11)8-15(10)19)9-12-7-13(17)2-3-14(12)18/h2-3,6-8H,4-5,9,19H2,1H3. The molecular formula is C16H16BrFN2. The number of benzene rings is 2. The van der Waals surface area contributed by atoms with Crippen molar-refractivity contribution in [1.82, 2.24) is 0 Å². The third-order valence-corrected chi connectivity index (χ3v) is 4.32. The Morgan fingerprint density at radius 1 is 1.30 bits per heavy atom. The third kappa shape index (κ3) is 2.40. The van der Waals surface area contributed by atoms with Crippen LogP contribution in [0.1, 0.15) is 16.7 Å². The molecule has 2 aromatic rings. The van der Waals surface area contributed by atoms with E-state index >= 15 is 0 Å². The van der Waals surface area contributed by atoms with Gasteiger partial charge in [-0.05, 0) is 48.7 Å². The zero-order valence-corrected chi connectivity index (χ0v) is 12.9. The maximum absolute atomic E-state index is 13.9. The van der Waals surface area contributed by atoms with Crippen molar-refractivity contribution in [2.45, 2.75) is 19.9 Å². The number of nitrogens with two attached hydrogens (primary N) is 1. The summed E-state index contributed by atoms with van der Waals surface area (Å²) in [6, 6.07) is 9.21. The largest absolute Gasteiger partial charge is 0.398 e. The molecule has 2 aromatic carbocycles. The first kappa shape index (κ1) is 13.4. The molecule has 2 nitrogen and oxygen atoms in total. The van der Waals surface area contributed by atoms with Crippen molar-refractivity contribution in [2.24, 2.45) is 0 Å². The van der Waals surface area contributed by atoms with Gasteiger partial charge in [0.2, 0.25) is 0 Å². The quantitative estimate of drug-likeness (QED) is 0.840. The van der Waals surface area contributed by atoms with Crippen LogP contribution in [-0.4, -0.2) is 6.54 Å². The lowest BCUT2D eigenvalue weighted by Gasteiger charge is -2.20. The van der Waals surface area contributed by atoms with E-state index in [4.69, 9.17) is 5.73 Å². The Morgan fingerprint density at radius 2 is 2.10 bits per heavy atom. The minimum absolute atomic E-state index is 0.165. The monoisotopic (exact) mass is 334 g/mol. The van der Waals surface area contributed by atoms with Crippen LogP contribution in [0.4, 0.5) is 15.8 Å². The van der Waals surface area contributed by atoms with Crippen molar-refractivity contribution in [3.05, 3.63) is 57.3 Å². The Bertz CT molecular complexity index is 670. The van der Waals surface area contributed by atoms with Crippen molar-refractivity contribution in [2.75, 3.05) is 17.2 Å². The Balaban J connectivity index is 1.92. The third-order valence-electron chi connectivity index (χ3n) is 3.83. The minimum Gasteiger partial charge on any atom is -0.398 e. The van der Waals surface area contributed by atoms with Crippen LogP contribution in [0.25, 0.3) is 0 Å². The number of nitrogens with zero attached hydrogens (tertiary/aromatic N) is 1. The molecule has 0 saturated carbocycles. The van der Waals surface area contributed by atoms with E-state index in [1.807, 2.05) is 19.1 Å². The predicted molar refractivity (Wildman–Crippen MR) is 84.4 cm³/mol. The second kappa shape index (κ2) is 5.09. The van der Waals surface area contributed by atoms with Gasteiger partial charge in [-0.15, -0.1) is 0 Å². The van der Waals surface area contributed by atoms with E-state index in [-0.39, 0.29) is 5.82 Å². The second-order valence-corrected chi connectivity index (χ2v) is 6.16. The molecule has 4 heteroatoms. The molecule has 0 aliphatic carbocycles. The number of anilines is 2. The summed E-state index contributed by atoms with van der Waals surface area (Å²) in [5, 5.41) is 0. The molecule has 1 aliphatic heterocycles. The molecule has 1 heterocycles. The molecule has 0 atom stereocenters. The highest BCUT2D eigenvalue weighted by molar-refractivity contribution is 9.10. The molecule has 0 bridgehead atoms. The van der Waals surface area contributed by atoms with E-state index in [2.05, 4.69) is 26.9 Å². The molecule has 0 saturated heterocycles. The van der Waals surface area contributed by atoms with Crippen molar-refractivity contribution >= 4 is 27.3 Å². The van der Waals surface area contributed by atoms with Gasteiger partial charge in [0, 0.05) is 34.5 Å². The smallest absolute Gasteiger partial charge is 0.128 e. The van der Waals surface area contributed by atoms with Gasteiger partial charge in [0.05, 0.1) is 0 Å². The first-order valence-electron chi connectivity index (χ1n) is 6.62. The number of aryl methyl sites for hydroxylation is 1. The molecule has 0 radical (unpaired) electrons. The lowest BCUT2D eigenvalue weighted by atomic mass is 10.1. The molecule has 104 valence electrons. The molecule has 0 unspecified atom stereocenters. The van der Waals surface area contributed by atoms with E-state index in [0.29, 0.717) is 12.1 Å². The Kier molecular flexibility index (Phi) is 3.42. The summed E-state index contributed by atoms with van der Waals surface area (Å²) in [6.07, 6.45) is 0.992. The first-order chi connectivity index (χ1) is 9.54. The number of hydrogen-bond donors (Lipinski definition) is 1. The molecule has 2 N–H and O–H groups in total. The average Bonchev–Trinajstić information content (AvgIpc) is 2.77. The van der Waals surface area contributed by atoms with Crippen molar-refractivity contribution in [3.63, 3.8) is 0 Å². The van der Waals surface area contributed by atoms with Crippen LogP contribution in [0.15, 0.2) is 34.8 Å². The zero-order chi connectivity index (χ0) is 14.3. The van der Waals surface area contributed by atoms with Gasteiger partial charge in [0.1, 0.15) is 5.82 Å². The van der Waals surface area contributed by atoms with Crippen LogP contribution in [0, 0.1) is 12.7 Å². The fourth-order valence-electron chi connectivity index (χ4n) is 2.68. The van der Waals surface area contributed by atoms with Gasteiger partial charge in [-0.3, -0.25) is 0 Å². The maximum Gasteiger partial charge on any atom is 0.128 e. The lowest BCUT2D eigenvalue weighted by molar-refractivity contribution is 0.605. The SMILES string of the molecule is Cc1cc2c(cc1N)N(Cc1cc(Br)ccc1F)CC2. The summed E-state index contributed by atoms with van der Waals surface area (Å²) >= 11 is 3.39. The number of nitrogen functional groups attached to an aromatic ring is 1. The Morgan fingerprint density at radius 3 is 2.90 bits per heavy atom. The number of hydrogen-bond acceptors (Lipinski definition) is 2. The van der Waals surface area contributed by atoms with Crippen molar-refractivity contribution < 1.29 is 4.39 Å². The van der Waals surface area contributed by atoms with E-state index < -0.39 is 0 Å². The highest BCUT2D eigenvalue weighted by Gasteiger charge is 2.21. The molecule has 0 spiro atoms. The van der Waals surface area contributed by atoms with Gasteiger partial charge in [-0.1, -0.05) is 22.0 Å². The van der Waals surface area contributed by atoms with Gasteiger partial charge in [0.15, 0.2) is 0 Å². The molecule has 0 amide bonds. The summed E-state index contributed by atoms with van der Waals surface area (Å²) in [5.41, 5.74) is 11.0. The van der Waals surface area contributed by atoms with Gasteiger partial charge in [0.25, 0.3) is 0 Å². The van der Waals surface area contributed by atoms with Crippen LogP contribution in [-0.2, 0) is 13.0 Å². The molecule has 20 heavy (non-hydrogen) atoms. The normalized spacial score (nSPS) is 13.7. The van der Waals surface area contributed by atoms with Crippen LogP contribution in [0.3, 0.4) is 0 Å². The van der Waals surface area contributed by atoms with E-state index in [1.54, 1.807) is 6.07 Å². The minimum atomic E-state index is -0.165. The van der Waals surface area contributed by atoms with Crippen molar-refractivity contribution in [1.29, 1.82) is 0 Å². The van der Waals surface area contributed by atoms with Crippen LogP contribution in [0.2, 0.25) is 0 Å². The number of halogens is 2. The first-order valence-corrected chi connectivity index (χ1v) is 7.42. The van der Waals surface area contributed by atoms with E-state index in [0.717, 1.165) is 34.4 Å². The Labute approximate surface area is 126 Å². The summed E-state index contributed by atoms with van der Waals surface area (Å²) in [7, 11) is 0. The predicted octanol–water partition coefficient (Wildman–Crippen LogP) is 4.04. The second-order valence-electron chi connectivity index (χ2n) is 5.24.